The van der Waals surface area contributed by atoms with Gasteiger partial charge in [-0.05, 0) is 37.8 Å². The molecule has 0 unspecified atom stereocenters. The van der Waals surface area contributed by atoms with Gasteiger partial charge in [-0.2, -0.15) is 0 Å². The van der Waals surface area contributed by atoms with E-state index in [9.17, 15) is 19.2 Å². The average Bonchev–Trinajstić information content (AvgIpc) is 2.93. The van der Waals surface area contributed by atoms with Crippen LogP contribution in [0.4, 0.5) is 0 Å². The zero-order chi connectivity index (χ0) is 29.1. The van der Waals surface area contributed by atoms with Gasteiger partial charge in [-0.15, -0.1) is 0 Å². The zero-order valence-electron chi connectivity index (χ0n) is 24.1. The lowest BCUT2D eigenvalue weighted by Gasteiger charge is -2.38. The molecule has 0 saturated carbocycles. The predicted molar refractivity (Wildman–Crippen MR) is 161 cm³/mol. The van der Waals surface area contributed by atoms with E-state index in [4.69, 9.17) is 23.2 Å². The first-order valence-corrected chi connectivity index (χ1v) is 15.7. The Labute approximate surface area is 247 Å². The standard InChI is InChI=1S/C32H40Cl2N2O4/c1-5-9-13-19(14-10-6-2)35-29(37)21-17-24(34)28-26-22(18-23(33)27(25(21)26)31(35)39)30(38)36(32(28)40)20(15-11-7-3)16-12-8-4/h17-20H,5-16H2,1-4H3. The molecule has 0 aliphatic carbocycles. The van der Waals surface area contributed by atoms with Crippen LogP contribution in [0.5, 0.6) is 0 Å². The fourth-order valence-electron chi connectivity index (χ4n) is 6.24. The summed E-state index contributed by atoms with van der Waals surface area (Å²) in [5.74, 6) is -1.82. The molecule has 2 aliphatic heterocycles. The molecule has 0 spiro atoms. The second-order valence-corrected chi connectivity index (χ2v) is 12.0. The highest BCUT2D eigenvalue weighted by atomic mass is 35.5. The van der Waals surface area contributed by atoms with Crippen molar-refractivity contribution in [2.75, 3.05) is 0 Å². The van der Waals surface area contributed by atoms with Crippen LogP contribution >= 0.6 is 23.2 Å². The van der Waals surface area contributed by atoms with Crippen molar-refractivity contribution in [2.24, 2.45) is 0 Å². The third-order valence-electron chi connectivity index (χ3n) is 8.37. The Bertz CT molecular complexity index is 1220. The van der Waals surface area contributed by atoms with Crippen molar-refractivity contribution in [3.8, 4) is 0 Å². The number of imide groups is 2. The number of benzene rings is 2. The lowest BCUT2D eigenvalue weighted by atomic mass is 9.84. The topological polar surface area (TPSA) is 74.8 Å². The number of carbonyl (C=O) groups is 4. The molecular weight excluding hydrogens is 547 g/mol. The van der Waals surface area contributed by atoms with Crippen molar-refractivity contribution in [3.05, 3.63) is 44.4 Å². The quantitative estimate of drug-likeness (QED) is 0.207. The molecule has 2 heterocycles. The molecule has 4 amide bonds. The number of halogens is 2. The maximum Gasteiger partial charge on any atom is 0.263 e. The van der Waals surface area contributed by atoms with Crippen molar-refractivity contribution >= 4 is 57.6 Å². The summed E-state index contributed by atoms with van der Waals surface area (Å²) in [5, 5.41) is 0.784. The number of rotatable bonds is 14. The van der Waals surface area contributed by atoms with Gasteiger partial charge in [0.05, 0.1) is 32.3 Å². The van der Waals surface area contributed by atoms with E-state index in [1.807, 2.05) is 0 Å². The van der Waals surface area contributed by atoms with E-state index in [0.717, 1.165) is 51.4 Å². The molecular formula is C32H40Cl2N2O4. The Balaban J connectivity index is 1.89. The van der Waals surface area contributed by atoms with E-state index in [2.05, 4.69) is 27.7 Å². The first-order valence-electron chi connectivity index (χ1n) is 15.0. The minimum Gasteiger partial charge on any atom is -0.271 e. The molecule has 0 bridgehead atoms. The normalized spacial score (nSPS) is 15.0. The highest BCUT2D eigenvalue weighted by Crippen LogP contribution is 2.45. The number of carbonyl (C=O) groups excluding carboxylic acids is 4. The first kappa shape index (κ1) is 30.5. The van der Waals surface area contributed by atoms with Crippen LogP contribution < -0.4 is 0 Å². The molecule has 2 aromatic rings. The first-order chi connectivity index (χ1) is 19.2. The van der Waals surface area contributed by atoms with E-state index in [0.29, 0.717) is 25.7 Å². The van der Waals surface area contributed by atoms with Gasteiger partial charge in [0.1, 0.15) is 0 Å². The summed E-state index contributed by atoms with van der Waals surface area (Å²) < 4.78 is 0. The number of hydrogen-bond donors (Lipinski definition) is 0. The molecule has 0 atom stereocenters. The molecule has 8 heteroatoms. The lowest BCUT2D eigenvalue weighted by molar-refractivity contribution is 0.0496. The van der Waals surface area contributed by atoms with E-state index in [1.54, 1.807) is 0 Å². The van der Waals surface area contributed by atoms with Gasteiger partial charge in [-0.3, -0.25) is 29.0 Å². The van der Waals surface area contributed by atoms with Crippen LogP contribution in [0, 0.1) is 0 Å². The molecule has 6 nitrogen and oxygen atoms in total. The zero-order valence-corrected chi connectivity index (χ0v) is 25.6. The minimum atomic E-state index is -0.467. The summed E-state index contributed by atoms with van der Waals surface area (Å²) in [6.45, 7) is 8.32. The van der Waals surface area contributed by atoms with E-state index >= 15 is 0 Å². The third kappa shape index (κ3) is 5.30. The number of hydrogen-bond acceptors (Lipinski definition) is 4. The van der Waals surface area contributed by atoms with Gasteiger partial charge in [0, 0.05) is 22.9 Å². The second kappa shape index (κ2) is 13.0. The Morgan fingerprint density at radius 3 is 1.12 bits per heavy atom. The van der Waals surface area contributed by atoms with Crippen LogP contribution in [0.25, 0.3) is 10.8 Å². The van der Waals surface area contributed by atoms with Crippen molar-refractivity contribution in [2.45, 2.75) is 117 Å². The molecule has 216 valence electrons. The summed E-state index contributed by atoms with van der Waals surface area (Å²) in [7, 11) is 0. The molecule has 2 aromatic carbocycles. The van der Waals surface area contributed by atoms with Gasteiger partial charge in [0.25, 0.3) is 23.6 Å². The molecule has 0 radical (unpaired) electrons. The Kier molecular flexibility index (Phi) is 9.94. The van der Waals surface area contributed by atoms with Crippen LogP contribution in [-0.4, -0.2) is 45.5 Å². The average molecular weight is 588 g/mol. The SMILES string of the molecule is CCCCC(CCCC)N1C(=O)c2cc(Cl)c3c4c(cc(Cl)c(c24)C1=O)C(=O)N(C(CCCC)CCCC)C3=O. The van der Waals surface area contributed by atoms with Crippen LogP contribution in [-0.2, 0) is 0 Å². The van der Waals surface area contributed by atoms with E-state index < -0.39 is 23.6 Å². The summed E-state index contributed by atoms with van der Waals surface area (Å²) in [4.78, 5) is 58.6. The molecule has 40 heavy (non-hydrogen) atoms. The largest absolute Gasteiger partial charge is 0.271 e. The van der Waals surface area contributed by atoms with Crippen LogP contribution in [0.2, 0.25) is 10.0 Å². The molecule has 0 N–H and O–H groups in total. The smallest absolute Gasteiger partial charge is 0.263 e. The fraction of sp³-hybridized carbons (Fsp3) is 0.562. The van der Waals surface area contributed by atoms with Gasteiger partial charge >= 0.3 is 0 Å². The Morgan fingerprint density at radius 2 is 0.850 bits per heavy atom. The Hall–Kier alpha value is -2.44. The third-order valence-corrected chi connectivity index (χ3v) is 8.96. The van der Waals surface area contributed by atoms with Crippen molar-refractivity contribution < 1.29 is 19.2 Å². The summed E-state index contributed by atoms with van der Waals surface area (Å²) >= 11 is 13.6. The lowest BCUT2D eigenvalue weighted by Crippen LogP contribution is -2.49. The maximum absolute atomic E-state index is 14.0. The molecule has 0 saturated heterocycles. The van der Waals surface area contributed by atoms with Crippen LogP contribution in [0.1, 0.15) is 146 Å². The summed E-state index contributed by atoms with van der Waals surface area (Å²) in [6, 6.07) is 2.48. The van der Waals surface area contributed by atoms with Crippen molar-refractivity contribution in [1.29, 1.82) is 0 Å². The fourth-order valence-corrected chi connectivity index (χ4v) is 6.81. The molecule has 4 rings (SSSR count). The molecule has 2 aliphatic rings. The highest BCUT2D eigenvalue weighted by Gasteiger charge is 2.45. The number of nitrogens with zero attached hydrogens (tertiary/aromatic N) is 2. The Morgan fingerprint density at radius 1 is 0.550 bits per heavy atom. The van der Waals surface area contributed by atoms with Gasteiger partial charge in [0.2, 0.25) is 0 Å². The number of unbranched alkanes of at least 4 members (excludes halogenated alkanes) is 4. The van der Waals surface area contributed by atoms with Crippen molar-refractivity contribution in [3.63, 3.8) is 0 Å². The summed E-state index contributed by atoms with van der Waals surface area (Å²) in [5.41, 5.74) is 0.798. The minimum absolute atomic E-state index is 0.116. The predicted octanol–water partition coefficient (Wildman–Crippen LogP) is 8.84. The maximum atomic E-state index is 14.0. The highest BCUT2D eigenvalue weighted by molar-refractivity contribution is 6.44. The second-order valence-electron chi connectivity index (χ2n) is 11.1. The summed E-state index contributed by atoms with van der Waals surface area (Å²) in [6.07, 6.45) is 10.1. The molecule has 0 fully saturated rings. The van der Waals surface area contributed by atoms with Crippen molar-refractivity contribution in [1.82, 2.24) is 9.80 Å². The van der Waals surface area contributed by atoms with Crippen LogP contribution in [0.3, 0.4) is 0 Å². The van der Waals surface area contributed by atoms with Gasteiger partial charge in [-0.25, -0.2) is 0 Å². The van der Waals surface area contributed by atoms with Gasteiger partial charge < -0.3 is 0 Å². The van der Waals surface area contributed by atoms with Crippen LogP contribution in [0.15, 0.2) is 12.1 Å². The van der Waals surface area contributed by atoms with E-state index in [-0.39, 0.29) is 55.2 Å². The number of amides is 4. The van der Waals surface area contributed by atoms with Gasteiger partial charge in [0.15, 0.2) is 0 Å². The molecule has 0 aromatic heterocycles. The monoisotopic (exact) mass is 586 g/mol. The van der Waals surface area contributed by atoms with Gasteiger partial charge in [-0.1, -0.05) is 102 Å². The van der Waals surface area contributed by atoms with E-state index in [1.165, 1.54) is 21.9 Å².